The highest BCUT2D eigenvalue weighted by molar-refractivity contribution is 9.10. The predicted molar refractivity (Wildman–Crippen MR) is 106 cm³/mol. The molecule has 0 atom stereocenters. The average molecular weight is 439 g/mol. The Hall–Kier alpha value is -2.41. The SMILES string of the molecule is COc1ccc(C(=O)CCc2cc(OC)c(OC)c(OC)c2Br)cc1OC. The second-order valence-corrected chi connectivity index (χ2v) is 6.40. The highest BCUT2D eigenvalue weighted by Crippen LogP contribution is 2.45. The molecule has 0 unspecified atom stereocenters. The summed E-state index contributed by atoms with van der Waals surface area (Å²) in [6.07, 6.45) is 0.817. The van der Waals surface area contributed by atoms with Gasteiger partial charge >= 0.3 is 0 Å². The fourth-order valence-corrected chi connectivity index (χ4v) is 3.41. The maximum absolute atomic E-state index is 12.6. The van der Waals surface area contributed by atoms with E-state index >= 15 is 0 Å². The molecule has 7 heteroatoms. The second-order valence-electron chi connectivity index (χ2n) is 5.61. The van der Waals surface area contributed by atoms with Crippen LogP contribution in [-0.2, 0) is 6.42 Å². The molecule has 6 nitrogen and oxygen atoms in total. The van der Waals surface area contributed by atoms with Crippen molar-refractivity contribution in [1.29, 1.82) is 0 Å². The van der Waals surface area contributed by atoms with Crippen molar-refractivity contribution in [3.8, 4) is 28.7 Å². The van der Waals surface area contributed by atoms with Gasteiger partial charge in [0.1, 0.15) is 0 Å². The van der Waals surface area contributed by atoms with Crippen LogP contribution in [-0.4, -0.2) is 41.3 Å². The van der Waals surface area contributed by atoms with Crippen molar-refractivity contribution in [1.82, 2.24) is 0 Å². The third-order valence-electron chi connectivity index (χ3n) is 4.17. The van der Waals surface area contributed by atoms with Crippen LogP contribution in [0.15, 0.2) is 28.7 Å². The molecule has 2 aromatic rings. The molecule has 0 aromatic heterocycles. The van der Waals surface area contributed by atoms with Crippen molar-refractivity contribution < 1.29 is 28.5 Å². The molecule has 2 rings (SSSR count). The lowest BCUT2D eigenvalue weighted by Crippen LogP contribution is -2.04. The highest BCUT2D eigenvalue weighted by atomic mass is 79.9. The number of aryl methyl sites for hydroxylation is 1. The summed E-state index contributed by atoms with van der Waals surface area (Å²) >= 11 is 3.54. The van der Waals surface area contributed by atoms with Crippen molar-refractivity contribution in [3.05, 3.63) is 39.9 Å². The van der Waals surface area contributed by atoms with Gasteiger partial charge in [0.2, 0.25) is 5.75 Å². The summed E-state index contributed by atoms with van der Waals surface area (Å²) in [6.45, 7) is 0. The first-order chi connectivity index (χ1) is 13.0. The molecule has 146 valence electrons. The number of Topliss-reactive ketones (excluding diaryl/α,β-unsaturated/α-hetero) is 1. The molecule has 0 radical (unpaired) electrons. The van der Waals surface area contributed by atoms with Crippen LogP contribution in [0.5, 0.6) is 28.7 Å². The Labute approximate surface area is 167 Å². The van der Waals surface area contributed by atoms with Gasteiger partial charge in [0, 0.05) is 12.0 Å². The van der Waals surface area contributed by atoms with Gasteiger partial charge in [-0.15, -0.1) is 0 Å². The van der Waals surface area contributed by atoms with Gasteiger partial charge in [-0.05, 0) is 52.2 Å². The Morgan fingerprint density at radius 2 is 1.44 bits per heavy atom. The monoisotopic (exact) mass is 438 g/mol. The van der Waals surface area contributed by atoms with E-state index in [0.717, 1.165) is 10.0 Å². The van der Waals surface area contributed by atoms with Crippen molar-refractivity contribution in [3.63, 3.8) is 0 Å². The molecule has 0 N–H and O–H groups in total. The van der Waals surface area contributed by atoms with E-state index < -0.39 is 0 Å². The summed E-state index contributed by atoms with van der Waals surface area (Å²) in [4.78, 5) is 12.6. The van der Waals surface area contributed by atoms with Crippen LogP contribution >= 0.6 is 15.9 Å². The zero-order valence-electron chi connectivity index (χ0n) is 16.1. The van der Waals surface area contributed by atoms with Gasteiger partial charge in [0.25, 0.3) is 0 Å². The minimum atomic E-state index is -0.00314. The summed E-state index contributed by atoms with van der Waals surface area (Å²) in [7, 11) is 7.76. The van der Waals surface area contributed by atoms with Crippen molar-refractivity contribution in [2.75, 3.05) is 35.5 Å². The number of ether oxygens (including phenoxy) is 5. The second kappa shape index (κ2) is 9.50. The van der Waals surface area contributed by atoms with Crippen LogP contribution in [0.2, 0.25) is 0 Å². The largest absolute Gasteiger partial charge is 0.493 e. The number of benzene rings is 2. The molecule has 0 spiro atoms. The van der Waals surface area contributed by atoms with Crippen LogP contribution < -0.4 is 23.7 Å². The molecular formula is C20H23BrO6. The van der Waals surface area contributed by atoms with Gasteiger partial charge in [-0.25, -0.2) is 0 Å². The smallest absolute Gasteiger partial charge is 0.204 e. The van der Waals surface area contributed by atoms with E-state index in [4.69, 9.17) is 23.7 Å². The summed E-state index contributed by atoms with van der Waals surface area (Å²) in [6, 6.07) is 6.98. The van der Waals surface area contributed by atoms with Crippen LogP contribution in [0.4, 0.5) is 0 Å². The normalized spacial score (nSPS) is 10.3. The van der Waals surface area contributed by atoms with Gasteiger partial charge in [0.05, 0.1) is 40.0 Å². The highest BCUT2D eigenvalue weighted by Gasteiger charge is 2.20. The van der Waals surface area contributed by atoms with Gasteiger partial charge in [-0.2, -0.15) is 0 Å². The zero-order chi connectivity index (χ0) is 20.0. The number of methoxy groups -OCH3 is 5. The topological polar surface area (TPSA) is 63.2 Å². The number of hydrogen-bond donors (Lipinski definition) is 0. The van der Waals surface area contributed by atoms with Crippen LogP contribution in [0.3, 0.4) is 0 Å². The molecule has 0 saturated carbocycles. The predicted octanol–water partition coefficient (Wildman–Crippen LogP) is 4.31. The standard InChI is InChI=1S/C20H23BrO6/c1-23-15-9-7-12(10-16(15)24-2)14(22)8-6-13-11-17(25-3)19(26-4)20(27-5)18(13)21/h7,9-11H,6,8H2,1-5H3. The molecule has 0 aliphatic heterocycles. The van der Waals surface area contributed by atoms with Gasteiger partial charge < -0.3 is 23.7 Å². The maximum atomic E-state index is 12.6. The Kier molecular flexibility index (Phi) is 7.36. The molecule has 0 aliphatic rings. The van der Waals surface area contributed by atoms with Crippen molar-refractivity contribution in [2.24, 2.45) is 0 Å². The van der Waals surface area contributed by atoms with E-state index in [-0.39, 0.29) is 5.78 Å². The molecule has 0 fully saturated rings. The van der Waals surface area contributed by atoms with E-state index in [0.29, 0.717) is 47.2 Å². The summed E-state index contributed by atoms with van der Waals surface area (Å²) in [5.41, 5.74) is 1.45. The number of carbonyl (C=O) groups is 1. The van der Waals surface area contributed by atoms with Crippen molar-refractivity contribution >= 4 is 21.7 Å². The summed E-state index contributed by atoms with van der Waals surface area (Å²) in [5.74, 6) is 2.69. The first kappa shape index (κ1) is 20.9. The molecule has 0 heterocycles. The van der Waals surface area contributed by atoms with E-state index in [1.807, 2.05) is 6.07 Å². The van der Waals surface area contributed by atoms with Crippen LogP contribution in [0.25, 0.3) is 0 Å². The Balaban J connectivity index is 2.24. The molecular weight excluding hydrogens is 416 g/mol. The Morgan fingerprint density at radius 1 is 0.815 bits per heavy atom. The fourth-order valence-electron chi connectivity index (χ4n) is 2.76. The Bertz CT molecular complexity index is 819. The van der Waals surface area contributed by atoms with Gasteiger partial charge in [-0.1, -0.05) is 0 Å². The van der Waals surface area contributed by atoms with Crippen LogP contribution in [0.1, 0.15) is 22.3 Å². The number of rotatable bonds is 9. The molecule has 0 saturated heterocycles. The van der Waals surface area contributed by atoms with Gasteiger partial charge in [0.15, 0.2) is 28.8 Å². The number of ketones is 1. The average Bonchev–Trinajstić information content (AvgIpc) is 2.71. The lowest BCUT2D eigenvalue weighted by atomic mass is 10.0. The first-order valence-electron chi connectivity index (χ1n) is 8.23. The maximum Gasteiger partial charge on any atom is 0.204 e. The quantitative estimate of drug-likeness (QED) is 0.543. The number of hydrogen-bond acceptors (Lipinski definition) is 6. The van der Waals surface area contributed by atoms with E-state index in [9.17, 15) is 4.79 Å². The van der Waals surface area contributed by atoms with E-state index in [1.165, 1.54) is 0 Å². The summed E-state index contributed by atoms with van der Waals surface area (Å²) in [5, 5.41) is 0. The Morgan fingerprint density at radius 3 is 2.00 bits per heavy atom. The molecule has 2 aromatic carbocycles. The summed E-state index contributed by atoms with van der Waals surface area (Å²) < 4.78 is 27.4. The fraction of sp³-hybridized carbons (Fsp3) is 0.350. The number of halogens is 1. The zero-order valence-corrected chi connectivity index (χ0v) is 17.6. The lowest BCUT2D eigenvalue weighted by molar-refractivity contribution is 0.0982. The van der Waals surface area contributed by atoms with E-state index in [2.05, 4.69) is 15.9 Å². The third kappa shape index (κ3) is 4.47. The molecule has 0 amide bonds. The minimum absolute atomic E-state index is 0.00314. The third-order valence-corrected chi connectivity index (χ3v) is 5.04. The van der Waals surface area contributed by atoms with E-state index in [1.54, 1.807) is 53.7 Å². The minimum Gasteiger partial charge on any atom is -0.493 e. The van der Waals surface area contributed by atoms with Gasteiger partial charge in [-0.3, -0.25) is 4.79 Å². The molecule has 0 bridgehead atoms. The lowest BCUT2D eigenvalue weighted by Gasteiger charge is -2.16. The first-order valence-corrected chi connectivity index (χ1v) is 9.02. The number of carbonyl (C=O) groups excluding carboxylic acids is 1. The van der Waals surface area contributed by atoms with Crippen molar-refractivity contribution in [2.45, 2.75) is 12.8 Å². The molecule has 27 heavy (non-hydrogen) atoms. The molecule has 0 aliphatic carbocycles. The van der Waals surface area contributed by atoms with Crippen LogP contribution in [0, 0.1) is 0 Å².